The van der Waals surface area contributed by atoms with Crippen molar-refractivity contribution in [3.63, 3.8) is 0 Å². The molecule has 0 bridgehead atoms. The van der Waals surface area contributed by atoms with Gasteiger partial charge in [-0.2, -0.15) is 0 Å². The number of carbonyl (C=O) groups is 1. The van der Waals surface area contributed by atoms with Crippen molar-refractivity contribution in [1.82, 2.24) is 0 Å². The number of Topliss-reactive ketones (excluding diaryl/α,β-unsaturated/α-hetero) is 1. The van der Waals surface area contributed by atoms with Crippen molar-refractivity contribution in [2.24, 2.45) is 0 Å². The standard InChI is InChI=1S/C10H11NO4/c1-6-9(11(13)14)5-4-8(7(2)12)10(6)15-3/h4-5H,1-3H3. The average Bonchev–Trinajstić information content (AvgIpc) is 2.16. The van der Waals surface area contributed by atoms with E-state index in [1.165, 1.54) is 26.2 Å². The maximum atomic E-state index is 11.2. The second-order valence-corrected chi connectivity index (χ2v) is 3.10. The summed E-state index contributed by atoms with van der Waals surface area (Å²) in [5, 5.41) is 10.6. The van der Waals surface area contributed by atoms with Gasteiger partial charge in [-0.05, 0) is 19.9 Å². The molecule has 0 aromatic heterocycles. The maximum absolute atomic E-state index is 11.2. The molecular formula is C10H11NO4. The van der Waals surface area contributed by atoms with Crippen LogP contribution < -0.4 is 4.74 Å². The van der Waals surface area contributed by atoms with Crippen LogP contribution in [0.2, 0.25) is 0 Å². The molecule has 0 heterocycles. The predicted octanol–water partition coefficient (Wildman–Crippen LogP) is 2.11. The van der Waals surface area contributed by atoms with E-state index in [-0.39, 0.29) is 17.2 Å². The van der Waals surface area contributed by atoms with Gasteiger partial charge in [-0.15, -0.1) is 0 Å². The molecule has 1 rings (SSSR count). The number of benzene rings is 1. The van der Waals surface area contributed by atoms with Gasteiger partial charge in [0.15, 0.2) is 5.78 Å². The molecule has 15 heavy (non-hydrogen) atoms. The molecule has 0 aliphatic heterocycles. The van der Waals surface area contributed by atoms with Crippen LogP contribution in [-0.2, 0) is 0 Å². The van der Waals surface area contributed by atoms with Crippen molar-refractivity contribution in [2.75, 3.05) is 7.11 Å². The van der Waals surface area contributed by atoms with Gasteiger partial charge in [-0.3, -0.25) is 14.9 Å². The Morgan fingerprint density at radius 3 is 2.47 bits per heavy atom. The molecule has 80 valence electrons. The topological polar surface area (TPSA) is 69.4 Å². The molecule has 0 amide bonds. The monoisotopic (exact) mass is 209 g/mol. The summed E-state index contributed by atoms with van der Waals surface area (Å²) in [6.45, 7) is 2.95. The van der Waals surface area contributed by atoms with Gasteiger partial charge in [0.1, 0.15) is 5.75 Å². The molecule has 0 saturated carbocycles. The molecule has 0 aliphatic carbocycles. The summed E-state index contributed by atoms with van der Waals surface area (Å²) in [7, 11) is 1.39. The van der Waals surface area contributed by atoms with Crippen molar-refractivity contribution in [2.45, 2.75) is 13.8 Å². The Hall–Kier alpha value is -1.91. The summed E-state index contributed by atoms with van der Waals surface area (Å²) in [6.07, 6.45) is 0. The Kier molecular flexibility index (Phi) is 3.04. The van der Waals surface area contributed by atoms with Crippen LogP contribution in [-0.4, -0.2) is 17.8 Å². The Balaban J connectivity index is 3.45. The zero-order valence-electron chi connectivity index (χ0n) is 8.73. The Bertz CT molecular complexity index is 426. The zero-order valence-corrected chi connectivity index (χ0v) is 8.73. The number of nitro groups is 1. The van der Waals surface area contributed by atoms with E-state index in [0.717, 1.165) is 0 Å². The first-order valence-electron chi connectivity index (χ1n) is 4.32. The van der Waals surface area contributed by atoms with Gasteiger partial charge in [0.25, 0.3) is 5.69 Å². The van der Waals surface area contributed by atoms with E-state index in [4.69, 9.17) is 4.74 Å². The fourth-order valence-electron chi connectivity index (χ4n) is 1.42. The van der Waals surface area contributed by atoms with E-state index in [2.05, 4.69) is 0 Å². The lowest BCUT2D eigenvalue weighted by Crippen LogP contribution is -2.02. The van der Waals surface area contributed by atoms with Crippen LogP contribution >= 0.6 is 0 Å². The molecule has 0 saturated heterocycles. The Morgan fingerprint density at radius 1 is 1.47 bits per heavy atom. The van der Waals surface area contributed by atoms with Crippen LogP contribution in [0.25, 0.3) is 0 Å². The minimum absolute atomic E-state index is 0.0446. The van der Waals surface area contributed by atoms with E-state index in [0.29, 0.717) is 11.1 Å². The molecular weight excluding hydrogens is 198 g/mol. The second kappa shape index (κ2) is 4.08. The van der Waals surface area contributed by atoms with Gasteiger partial charge in [0, 0.05) is 6.07 Å². The van der Waals surface area contributed by atoms with E-state index in [9.17, 15) is 14.9 Å². The number of hydrogen-bond donors (Lipinski definition) is 0. The van der Waals surface area contributed by atoms with Crippen molar-refractivity contribution in [1.29, 1.82) is 0 Å². The van der Waals surface area contributed by atoms with Crippen LogP contribution in [0.15, 0.2) is 12.1 Å². The number of rotatable bonds is 3. The van der Waals surface area contributed by atoms with Crippen molar-refractivity contribution < 1.29 is 14.5 Å². The largest absolute Gasteiger partial charge is 0.495 e. The van der Waals surface area contributed by atoms with Crippen molar-refractivity contribution >= 4 is 11.5 Å². The number of hydrogen-bond acceptors (Lipinski definition) is 4. The molecule has 1 aromatic rings. The van der Waals surface area contributed by atoms with E-state index in [1.54, 1.807) is 6.92 Å². The second-order valence-electron chi connectivity index (χ2n) is 3.10. The summed E-state index contributed by atoms with van der Waals surface area (Å²) in [4.78, 5) is 21.3. The van der Waals surface area contributed by atoms with Gasteiger partial charge in [0.05, 0.1) is 23.2 Å². The molecule has 0 unspecified atom stereocenters. The molecule has 0 fully saturated rings. The normalized spacial score (nSPS) is 9.80. The summed E-state index contributed by atoms with van der Waals surface area (Å²) in [5.74, 6) is 0.0987. The highest BCUT2D eigenvalue weighted by Crippen LogP contribution is 2.31. The first-order chi connectivity index (χ1) is 6.99. The minimum Gasteiger partial charge on any atom is -0.495 e. The first-order valence-corrected chi connectivity index (χ1v) is 4.32. The predicted molar refractivity (Wildman–Crippen MR) is 54.4 cm³/mol. The summed E-state index contributed by atoms with van der Waals surface area (Å²) in [5.41, 5.74) is 0.688. The highest BCUT2D eigenvalue weighted by molar-refractivity contribution is 5.97. The molecule has 0 atom stereocenters. The van der Waals surface area contributed by atoms with Crippen LogP contribution in [0, 0.1) is 17.0 Å². The summed E-state index contributed by atoms with van der Waals surface area (Å²) in [6, 6.07) is 2.72. The smallest absolute Gasteiger partial charge is 0.276 e. The fraction of sp³-hybridized carbons (Fsp3) is 0.300. The maximum Gasteiger partial charge on any atom is 0.276 e. The van der Waals surface area contributed by atoms with Gasteiger partial charge in [-0.25, -0.2) is 0 Å². The molecule has 0 spiro atoms. The quantitative estimate of drug-likeness (QED) is 0.434. The number of ether oxygens (including phenoxy) is 1. The Labute approximate surface area is 86.8 Å². The lowest BCUT2D eigenvalue weighted by atomic mass is 10.1. The van der Waals surface area contributed by atoms with Crippen molar-refractivity contribution in [3.8, 4) is 5.75 Å². The Morgan fingerprint density at radius 2 is 2.07 bits per heavy atom. The number of carbonyl (C=O) groups excluding carboxylic acids is 1. The first kappa shape index (κ1) is 11.2. The number of nitro benzene ring substituents is 1. The highest BCUT2D eigenvalue weighted by Gasteiger charge is 2.19. The number of methoxy groups -OCH3 is 1. The van der Waals surface area contributed by atoms with Gasteiger partial charge in [-0.1, -0.05) is 0 Å². The van der Waals surface area contributed by atoms with Crippen LogP contribution in [0.3, 0.4) is 0 Å². The molecule has 0 aliphatic rings. The third-order valence-electron chi connectivity index (χ3n) is 2.16. The molecule has 5 heteroatoms. The molecule has 5 nitrogen and oxygen atoms in total. The fourth-order valence-corrected chi connectivity index (χ4v) is 1.42. The van der Waals surface area contributed by atoms with Crippen LogP contribution in [0.1, 0.15) is 22.8 Å². The zero-order chi connectivity index (χ0) is 11.6. The summed E-state index contributed by atoms with van der Waals surface area (Å²) < 4.78 is 5.00. The number of ketones is 1. The lowest BCUT2D eigenvalue weighted by Gasteiger charge is -2.08. The van der Waals surface area contributed by atoms with E-state index >= 15 is 0 Å². The van der Waals surface area contributed by atoms with Gasteiger partial charge >= 0.3 is 0 Å². The van der Waals surface area contributed by atoms with E-state index < -0.39 is 4.92 Å². The van der Waals surface area contributed by atoms with Gasteiger partial charge < -0.3 is 4.74 Å². The highest BCUT2D eigenvalue weighted by atomic mass is 16.6. The SMILES string of the molecule is COc1c(C(C)=O)ccc([N+](=O)[O-])c1C. The third-order valence-corrected chi connectivity index (χ3v) is 2.16. The number of nitrogens with zero attached hydrogens (tertiary/aromatic N) is 1. The lowest BCUT2D eigenvalue weighted by molar-refractivity contribution is -0.385. The third kappa shape index (κ3) is 1.96. The molecule has 0 radical (unpaired) electrons. The van der Waals surface area contributed by atoms with Crippen molar-refractivity contribution in [3.05, 3.63) is 33.4 Å². The van der Waals surface area contributed by atoms with Crippen LogP contribution in [0.5, 0.6) is 5.75 Å². The minimum atomic E-state index is -0.498. The van der Waals surface area contributed by atoms with Gasteiger partial charge in [0.2, 0.25) is 0 Å². The average molecular weight is 209 g/mol. The summed E-state index contributed by atoms with van der Waals surface area (Å²) >= 11 is 0. The molecule has 0 N–H and O–H groups in total. The molecule has 1 aromatic carbocycles. The van der Waals surface area contributed by atoms with E-state index in [1.807, 2.05) is 0 Å². The van der Waals surface area contributed by atoms with Crippen LogP contribution in [0.4, 0.5) is 5.69 Å².